The lowest BCUT2D eigenvalue weighted by atomic mass is 10.0. The molecule has 0 aliphatic carbocycles. The molecular formula is C26H25N5O4. The van der Waals surface area contributed by atoms with Crippen LogP contribution in [0, 0.1) is 0 Å². The highest BCUT2D eigenvalue weighted by molar-refractivity contribution is 6.13. The molecule has 0 fully saturated rings. The predicted octanol–water partition coefficient (Wildman–Crippen LogP) is 3.83. The molecule has 1 aliphatic heterocycles. The van der Waals surface area contributed by atoms with Crippen LogP contribution in [0.1, 0.15) is 40.6 Å². The number of aromatic nitrogens is 3. The van der Waals surface area contributed by atoms with Crippen LogP contribution in [-0.2, 0) is 0 Å². The molecule has 35 heavy (non-hydrogen) atoms. The summed E-state index contributed by atoms with van der Waals surface area (Å²) >= 11 is 0. The van der Waals surface area contributed by atoms with Crippen LogP contribution >= 0.6 is 0 Å². The number of pyridine rings is 1. The highest BCUT2D eigenvalue weighted by Crippen LogP contribution is 2.35. The molecule has 5 rings (SSSR count). The first-order valence-corrected chi connectivity index (χ1v) is 11.3. The average molecular weight is 472 g/mol. The molecule has 9 nitrogen and oxygen atoms in total. The van der Waals surface area contributed by atoms with Crippen molar-refractivity contribution < 1.29 is 19.1 Å². The van der Waals surface area contributed by atoms with Crippen molar-refractivity contribution in [2.45, 2.75) is 19.9 Å². The predicted molar refractivity (Wildman–Crippen MR) is 132 cm³/mol. The van der Waals surface area contributed by atoms with Crippen LogP contribution in [-0.4, -0.2) is 46.8 Å². The number of amides is 2. The van der Waals surface area contributed by atoms with E-state index in [1.807, 2.05) is 32.0 Å². The maximum absolute atomic E-state index is 13.7. The second kappa shape index (κ2) is 8.75. The number of rotatable bonds is 5. The number of primary amides is 1. The lowest BCUT2D eigenvalue weighted by Crippen LogP contribution is -2.26. The van der Waals surface area contributed by atoms with Crippen molar-refractivity contribution in [3.05, 3.63) is 65.9 Å². The Labute approximate surface area is 202 Å². The fourth-order valence-electron chi connectivity index (χ4n) is 4.07. The van der Waals surface area contributed by atoms with Crippen molar-refractivity contribution in [3.8, 4) is 22.8 Å². The highest BCUT2D eigenvalue weighted by Gasteiger charge is 2.23. The number of carbonyl (C=O) groups excluding carboxylic acids is 2. The number of hydrogen-bond donors (Lipinski definition) is 1. The van der Waals surface area contributed by atoms with Gasteiger partial charge in [-0.25, -0.2) is 9.67 Å². The first-order chi connectivity index (χ1) is 16.8. The Hall–Kier alpha value is -4.40. The van der Waals surface area contributed by atoms with Crippen LogP contribution < -0.4 is 20.1 Å². The summed E-state index contributed by atoms with van der Waals surface area (Å²) in [5.74, 6) is 0.578. The number of hydrogen-bond acceptors (Lipinski definition) is 6. The molecule has 0 saturated carbocycles. The minimum atomic E-state index is -0.522. The zero-order valence-corrected chi connectivity index (χ0v) is 19.7. The number of fused-ring (bicyclic) bond motifs is 2. The smallest absolute Gasteiger partial charge is 0.258 e. The molecule has 2 amide bonds. The van der Waals surface area contributed by atoms with Crippen LogP contribution in [0.5, 0.6) is 11.5 Å². The Balaban J connectivity index is 1.61. The van der Waals surface area contributed by atoms with Crippen molar-refractivity contribution in [2.75, 3.05) is 25.2 Å². The molecule has 4 aromatic rings. The zero-order valence-electron chi connectivity index (χ0n) is 19.7. The molecular weight excluding hydrogens is 446 g/mol. The van der Waals surface area contributed by atoms with Crippen LogP contribution in [0.25, 0.3) is 22.3 Å². The Morgan fingerprint density at radius 1 is 1.03 bits per heavy atom. The molecule has 0 spiro atoms. The molecule has 2 aromatic heterocycles. The van der Waals surface area contributed by atoms with Crippen molar-refractivity contribution in [1.29, 1.82) is 0 Å². The fourth-order valence-corrected chi connectivity index (χ4v) is 4.07. The van der Waals surface area contributed by atoms with Gasteiger partial charge < -0.3 is 20.1 Å². The lowest BCUT2D eigenvalue weighted by molar-refractivity contribution is 0.0990. The summed E-state index contributed by atoms with van der Waals surface area (Å²) in [7, 11) is 1.69. The molecule has 9 heteroatoms. The number of ether oxygens (including phenoxy) is 2. The van der Waals surface area contributed by atoms with E-state index in [2.05, 4.69) is 5.10 Å². The van der Waals surface area contributed by atoms with Gasteiger partial charge in [-0.05, 0) is 62.4 Å². The largest absolute Gasteiger partial charge is 0.486 e. The van der Waals surface area contributed by atoms with E-state index in [1.165, 1.54) is 4.90 Å². The summed E-state index contributed by atoms with van der Waals surface area (Å²) in [5, 5.41) is 5.15. The topological polar surface area (TPSA) is 113 Å². The molecule has 0 saturated heterocycles. The first-order valence-electron chi connectivity index (χ1n) is 11.3. The quantitative estimate of drug-likeness (QED) is 0.473. The lowest BCUT2D eigenvalue weighted by Gasteiger charge is -2.20. The van der Waals surface area contributed by atoms with Gasteiger partial charge in [0.15, 0.2) is 17.1 Å². The number of nitrogens with two attached hydrogens (primary N) is 1. The van der Waals surface area contributed by atoms with Crippen molar-refractivity contribution in [2.24, 2.45) is 5.73 Å². The Kier molecular flexibility index (Phi) is 5.60. The van der Waals surface area contributed by atoms with E-state index in [0.29, 0.717) is 58.3 Å². The van der Waals surface area contributed by atoms with Gasteiger partial charge in [0.05, 0.1) is 22.8 Å². The van der Waals surface area contributed by atoms with E-state index in [1.54, 1.807) is 48.3 Å². The summed E-state index contributed by atoms with van der Waals surface area (Å²) in [6.45, 7) is 5.01. The van der Waals surface area contributed by atoms with Crippen LogP contribution in [0.4, 0.5) is 5.69 Å². The number of nitrogens with zero attached hydrogens (tertiary/aromatic N) is 4. The Morgan fingerprint density at radius 2 is 1.74 bits per heavy atom. The van der Waals surface area contributed by atoms with E-state index < -0.39 is 5.91 Å². The standard InChI is InChI=1S/C26H25N5O4/c1-15(2)31-25-20(14-28-31)19(26(33)30(3)18-7-4-16(5-8-18)24(27)32)13-21(29-25)17-6-9-22-23(12-17)35-11-10-34-22/h4-9,12-15H,10-11H2,1-3H3,(H2,27,32). The third kappa shape index (κ3) is 4.05. The second-order valence-corrected chi connectivity index (χ2v) is 8.61. The average Bonchev–Trinajstić information content (AvgIpc) is 3.31. The molecule has 0 atom stereocenters. The first kappa shape index (κ1) is 22.4. The highest BCUT2D eigenvalue weighted by atomic mass is 16.6. The summed E-state index contributed by atoms with van der Waals surface area (Å²) < 4.78 is 13.2. The van der Waals surface area contributed by atoms with Gasteiger partial charge >= 0.3 is 0 Å². The number of carbonyl (C=O) groups is 2. The molecule has 0 bridgehead atoms. The van der Waals surface area contributed by atoms with Gasteiger partial charge in [-0.1, -0.05) is 0 Å². The molecule has 0 radical (unpaired) electrons. The van der Waals surface area contributed by atoms with E-state index in [-0.39, 0.29) is 11.9 Å². The van der Waals surface area contributed by atoms with Gasteiger partial charge in [0.1, 0.15) is 13.2 Å². The van der Waals surface area contributed by atoms with Crippen molar-refractivity contribution in [3.63, 3.8) is 0 Å². The van der Waals surface area contributed by atoms with Crippen LogP contribution in [0.3, 0.4) is 0 Å². The molecule has 178 valence electrons. The van der Waals surface area contributed by atoms with E-state index >= 15 is 0 Å². The molecule has 1 aliphatic rings. The third-order valence-electron chi connectivity index (χ3n) is 5.97. The minimum absolute atomic E-state index is 0.0533. The van der Waals surface area contributed by atoms with E-state index in [0.717, 1.165) is 5.56 Å². The molecule has 3 heterocycles. The Morgan fingerprint density at radius 3 is 2.43 bits per heavy atom. The molecule has 2 aromatic carbocycles. The van der Waals surface area contributed by atoms with Gasteiger partial charge in [-0.2, -0.15) is 5.10 Å². The maximum Gasteiger partial charge on any atom is 0.258 e. The zero-order chi connectivity index (χ0) is 24.7. The normalized spacial score (nSPS) is 12.7. The van der Waals surface area contributed by atoms with Crippen LogP contribution in [0.15, 0.2) is 54.7 Å². The van der Waals surface area contributed by atoms with E-state index in [9.17, 15) is 9.59 Å². The third-order valence-corrected chi connectivity index (χ3v) is 5.97. The molecule has 0 unspecified atom stereocenters. The van der Waals surface area contributed by atoms with Gasteiger partial charge in [0, 0.05) is 29.9 Å². The number of anilines is 1. The summed E-state index contributed by atoms with van der Waals surface area (Å²) in [4.78, 5) is 31.5. The monoisotopic (exact) mass is 471 g/mol. The van der Waals surface area contributed by atoms with Gasteiger partial charge in [-0.3, -0.25) is 9.59 Å². The van der Waals surface area contributed by atoms with Crippen molar-refractivity contribution in [1.82, 2.24) is 14.8 Å². The van der Waals surface area contributed by atoms with Crippen LogP contribution in [0.2, 0.25) is 0 Å². The number of benzene rings is 2. The maximum atomic E-state index is 13.7. The SMILES string of the molecule is CC(C)n1ncc2c(C(=O)N(C)c3ccc(C(N)=O)cc3)cc(-c3ccc4c(c3)OCCO4)nc21. The summed E-state index contributed by atoms with van der Waals surface area (Å²) in [5.41, 5.74) is 8.85. The van der Waals surface area contributed by atoms with Gasteiger partial charge in [0.2, 0.25) is 5.91 Å². The van der Waals surface area contributed by atoms with Gasteiger partial charge in [0.25, 0.3) is 5.91 Å². The Bertz CT molecular complexity index is 1440. The minimum Gasteiger partial charge on any atom is -0.486 e. The summed E-state index contributed by atoms with van der Waals surface area (Å²) in [6, 6.07) is 14.0. The van der Waals surface area contributed by atoms with Crippen molar-refractivity contribution >= 4 is 28.5 Å². The van der Waals surface area contributed by atoms with Gasteiger partial charge in [-0.15, -0.1) is 0 Å². The molecule has 2 N–H and O–H groups in total. The second-order valence-electron chi connectivity index (χ2n) is 8.61. The fraction of sp³-hybridized carbons (Fsp3) is 0.231. The summed E-state index contributed by atoms with van der Waals surface area (Å²) in [6.07, 6.45) is 1.67. The van der Waals surface area contributed by atoms with E-state index in [4.69, 9.17) is 20.2 Å².